The van der Waals surface area contributed by atoms with Gasteiger partial charge in [-0.15, -0.1) is 0 Å². The lowest BCUT2D eigenvalue weighted by Crippen LogP contribution is -2.45. The lowest BCUT2D eigenvalue weighted by atomic mass is 10.0. The fourth-order valence-corrected chi connectivity index (χ4v) is 2.24. The molecule has 1 aliphatic heterocycles. The molecular weight excluding hydrogens is 214 g/mol. The summed E-state index contributed by atoms with van der Waals surface area (Å²) in [4.78, 5) is 19.5. The van der Waals surface area contributed by atoms with Crippen molar-refractivity contribution >= 4 is 12.1 Å². The number of likely N-dealkylation sites (N-methyl/N-ethyl adjacent to an activating group) is 1. The monoisotopic (exact) mass is 233 g/mol. The Bertz CT molecular complexity index is 375. The van der Waals surface area contributed by atoms with Gasteiger partial charge in [0.05, 0.1) is 0 Å². The largest absolute Gasteiger partial charge is 0.355 e. The minimum absolute atomic E-state index is 0.594. The van der Waals surface area contributed by atoms with E-state index < -0.39 is 0 Å². The molecule has 4 nitrogen and oxygen atoms in total. The van der Waals surface area contributed by atoms with Gasteiger partial charge in [-0.2, -0.15) is 0 Å². The van der Waals surface area contributed by atoms with Crippen molar-refractivity contribution in [3.05, 3.63) is 23.9 Å². The van der Waals surface area contributed by atoms with Gasteiger partial charge in [-0.25, -0.2) is 4.98 Å². The van der Waals surface area contributed by atoms with Gasteiger partial charge in [0, 0.05) is 30.9 Å². The van der Waals surface area contributed by atoms with Crippen LogP contribution in [0.2, 0.25) is 0 Å². The third-order valence-electron chi connectivity index (χ3n) is 3.36. The normalized spacial score (nSPS) is 20.6. The predicted molar refractivity (Wildman–Crippen MR) is 68.5 cm³/mol. The van der Waals surface area contributed by atoms with Crippen molar-refractivity contribution in [1.29, 1.82) is 0 Å². The van der Waals surface area contributed by atoms with Crippen molar-refractivity contribution in [2.24, 2.45) is 0 Å². The predicted octanol–water partition coefficient (Wildman–Crippen LogP) is 1.42. The van der Waals surface area contributed by atoms with Crippen molar-refractivity contribution in [2.45, 2.75) is 18.9 Å². The molecule has 0 saturated carbocycles. The van der Waals surface area contributed by atoms with Crippen LogP contribution in [0.4, 0.5) is 5.82 Å². The second-order valence-electron chi connectivity index (χ2n) is 4.77. The molecule has 1 saturated heterocycles. The number of nitrogens with zero attached hydrogens (tertiary/aromatic N) is 3. The first-order valence-electron chi connectivity index (χ1n) is 6.03. The fraction of sp³-hybridized carbons (Fsp3) is 0.538. The Labute approximate surface area is 102 Å². The van der Waals surface area contributed by atoms with Crippen LogP contribution in [0.5, 0.6) is 0 Å². The van der Waals surface area contributed by atoms with Crippen LogP contribution in [-0.4, -0.2) is 49.4 Å². The lowest BCUT2D eigenvalue weighted by molar-refractivity contribution is 0.112. The lowest BCUT2D eigenvalue weighted by Gasteiger charge is -2.36. The maximum atomic E-state index is 10.6. The first kappa shape index (κ1) is 12.0. The molecule has 0 aromatic carbocycles. The molecule has 1 aromatic heterocycles. The van der Waals surface area contributed by atoms with Crippen molar-refractivity contribution in [3.63, 3.8) is 0 Å². The maximum absolute atomic E-state index is 10.6. The summed E-state index contributed by atoms with van der Waals surface area (Å²) in [5.74, 6) is 0.974. The number of hydrogen-bond donors (Lipinski definition) is 0. The molecule has 17 heavy (non-hydrogen) atoms. The highest BCUT2D eigenvalue weighted by Crippen LogP contribution is 2.19. The molecule has 1 unspecified atom stereocenters. The Balaban J connectivity index is 2.07. The quantitative estimate of drug-likeness (QED) is 0.740. The van der Waals surface area contributed by atoms with Gasteiger partial charge in [0.2, 0.25) is 0 Å². The van der Waals surface area contributed by atoms with Crippen LogP contribution in [0.15, 0.2) is 18.3 Å². The zero-order chi connectivity index (χ0) is 12.3. The van der Waals surface area contributed by atoms with Gasteiger partial charge in [-0.3, -0.25) is 4.79 Å². The maximum Gasteiger partial charge on any atom is 0.151 e. The summed E-state index contributed by atoms with van der Waals surface area (Å²) in [7, 11) is 4.24. The van der Waals surface area contributed by atoms with Crippen LogP contribution >= 0.6 is 0 Å². The van der Waals surface area contributed by atoms with E-state index in [9.17, 15) is 4.79 Å². The number of carbonyl (C=O) groups is 1. The molecule has 2 rings (SSSR count). The molecule has 0 radical (unpaired) electrons. The highest BCUT2D eigenvalue weighted by Gasteiger charge is 2.21. The van der Waals surface area contributed by atoms with Gasteiger partial charge in [0.15, 0.2) is 6.29 Å². The van der Waals surface area contributed by atoms with Crippen molar-refractivity contribution in [2.75, 3.05) is 32.1 Å². The molecule has 1 aromatic rings. The number of rotatable bonds is 3. The van der Waals surface area contributed by atoms with E-state index in [1.54, 1.807) is 6.20 Å². The molecule has 1 fully saturated rings. The summed E-state index contributed by atoms with van der Waals surface area (Å²) in [6.07, 6.45) is 4.91. The number of hydrogen-bond acceptors (Lipinski definition) is 4. The second kappa shape index (κ2) is 5.27. The first-order chi connectivity index (χ1) is 8.20. The Morgan fingerprint density at radius 1 is 1.47 bits per heavy atom. The number of aldehydes is 1. The van der Waals surface area contributed by atoms with E-state index >= 15 is 0 Å². The molecule has 2 heterocycles. The molecule has 1 aliphatic rings. The molecular formula is C13H19N3O. The average molecular weight is 233 g/mol. The van der Waals surface area contributed by atoms with E-state index in [2.05, 4.69) is 28.9 Å². The molecule has 0 spiro atoms. The summed E-state index contributed by atoms with van der Waals surface area (Å²) >= 11 is 0. The highest BCUT2D eigenvalue weighted by molar-refractivity contribution is 5.74. The third-order valence-corrected chi connectivity index (χ3v) is 3.36. The molecule has 0 N–H and O–H groups in total. The number of pyridine rings is 1. The molecule has 0 amide bonds. The molecule has 0 bridgehead atoms. The summed E-state index contributed by atoms with van der Waals surface area (Å²) < 4.78 is 0. The molecule has 4 heteroatoms. The number of carbonyl (C=O) groups excluding carboxylic acids is 1. The summed E-state index contributed by atoms with van der Waals surface area (Å²) in [6.45, 7) is 2.07. The van der Waals surface area contributed by atoms with E-state index in [1.165, 1.54) is 12.8 Å². The van der Waals surface area contributed by atoms with Crippen LogP contribution in [0.25, 0.3) is 0 Å². The van der Waals surface area contributed by atoms with Crippen molar-refractivity contribution in [1.82, 2.24) is 9.88 Å². The van der Waals surface area contributed by atoms with Crippen LogP contribution < -0.4 is 4.90 Å². The minimum Gasteiger partial charge on any atom is -0.355 e. The summed E-state index contributed by atoms with van der Waals surface area (Å²) in [5.41, 5.74) is 0.634. The van der Waals surface area contributed by atoms with Gasteiger partial charge in [0.25, 0.3) is 0 Å². The Morgan fingerprint density at radius 3 is 2.88 bits per heavy atom. The van der Waals surface area contributed by atoms with Gasteiger partial charge in [-0.1, -0.05) is 0 Å². The zero-order valence-corrected chi connectivity index (χ0v) is 10.5. The number of aromatic nitrogens is 1. The molecule has 92 valence electrons. The SMILES string of the molecule is CN(C)C1CCCN(c2ccc(C=O)cn2)C1. The van der Waals surface area contributed by atoms with E-state index in [-0.39, 0.29) is 0 Å². The second-order valence-corrected chi connectivity index (χ2v) is 4.77. The van der Waals surface area contributed by atoms with Crippen LogP contribution in [-0.2, 0) is 0 Å². The topological polar surface area (TPSA) is 36.4 Å². The van der Waals surface area contributed by atoms with Crippen molar-refractivity contribution in [3.8, 4) is 0 Å². The minimum atomic E-state index is 0.594. The van der Waals surface area contributed by atoms with E-state index in [0.29, 0.717) is 11.6 Å². The van der Waals surface area contributed by atoms with Crippen LogP contribution in [0.3, 0.4) is 0 Å². The smallest absolute Gasteiger partial charge is 0.151 e. The van der Waals surface area contributed by atoms with Gasteiger partial charge < -0.3 is 9.80 Å². The zero-order valence-electron chi connectivity index (χ0n) is 10.5. The van der Waals surface area contributed by atoms with Gasteiger partial charge >= 0.3 is 0 Å². The van der Waals surface area contributed by atoms with E-state index in [4.69, 9.17) is 0 Å². The van der Waals surface area contributed by atoms with E-state index in [1.807, 2.05) is 12.1 Å². The van der Waals surface area contributed by atoms with Gasteiger partial charge in [-0.05, 0) is 39.1 Å². The first-order valence-corrected chi connectivity index (χ1v) is 6.03. The van der Waals surface area contributed by atoms with E-state index in [0.717, 1.165) is 25.2 Å². The number of anilines is 1. The highest BCUT2D eigenvalue weighted by atomic mass is 16.1. The third kappa shape index (κ3) is 2.82. The van der Waals surface area contributed by atoms with Crippen LogP contribution in [0.1, 0.15) is 23.2 Å². The Hall–Kier alpha value is -1.42. The van der Waals surface area contributed by atoms with Crippen molar-refractivity contribution < 1.29 is 4.79 Å². The summed E-state index contributed by atoms with van der Waals surface area (Å²) in [6, 6.07) is 4.35. The number of piperidine rings is 1. The van der Waals surface area contributed by atoms with Gasteiger partial charge in [0.1, 0.15) is 5.82 Å². The summed E-state index contributed by atoms with van der Waals surface area (Å²) in [5, 5.41) is 0. The standard InChI is InChI=1S/C13H19N3O/c1-15(2)12-4-3-7-16(9-12)13-6-5-11(10-17)8-14-13/h5-6,8,10,12H,3-4,7,9H2,1-2H3. The molecule has 1 atom stereocenters. The molecule has 0 aliphatic carbocycles. The average Bonchev–Trinajstić information content (AvgIpc) is 2.39. The fourth-order valence-electron chi connectivity index (χ4n) is 2.24. The van der Waals surface area contributed by atoms with Crippen LogP contribution in [0, 0.1) is 0 Å². The Morgan fingerprint density at radius 2 is 2.29 bits per heavy atom. The Kier molecular flexibility index (Phi) is 3.74.